The van der Waals surface area contributed by atoms with E-state index in [0.29, 0.717) is 0 Å². The van der Waals surface area contributed by atoms with Crippen LogP contribution in [0, 0.1) is 6.92 Å². The lowest BCUT2D eigenvalue weighted by atomic mass is 9.60. The first-order valence-corrected chi connectivity index (χ1v) is 46.3. The van der Waals surface area contributed by atoms with Crippen LogP contribution in [0.3, 0.4) is 0 Å². The highest BCUT2D eigenvalue weighted by Gasteiger charge is 2.59. The fraction of sp³-hybridized carbons (Fsp3) is 0.257. The summed E-state index contributed by atoms with van der Waals surface area (Å²) in [5, 5.41) is 17.5. The number of pyridine rings is 10. The fourth-order valence-electron chi connectivity index (χ4n) is 27.9. The van der Waals surface area contributed by atoms with Crippen LogP contribution >= 0.6 is 0 Å². The molecule has 35 rings (SSSR count). The van der Waals surface area contributed by atoms with E-state index in [2.05, 4.69) is 379 Å². The van der Waals surface area contributed by atoms with Gasteiger partial charge in [-0.2, -0.15) is 45.0 Å². The summed E-state index contributed by atoms with van der Waals surface area (Å²) in [7, 11) is 0. The molecule has 27 heterocycles. The van der Waals surface area contributed by atoms with E-state index < -0.39 is 0 Å². The van der Waals surface area contributed by atoms with E-state index in [1.165, 1.54) is 260 Å². The molecule has 0 aliphatic carbocycles. The summed E-state index contributed by atoms with van der Waals surface area (Å²) in [5.74, 6) is 0. The van der Waals surface area contributed by atoms with Crippen molar-refractivity contribution in [3.05, 3.63) is 321 Å². The van der Waals surface area contributed by atoms with Crippen LogP contribution in [0.4, 0.5) is 0 Å². The average molecular weight is 1650 g/mol. The summed E-state index contributed by atoms with van der Waals surface area (Å²) in [5.41, 5.74) is 50.6. The van der Waals surface area contributed by atoms with Gasteiger partial charge in [-0.05, 0) is 12.1 Å². The van der Waals surface area contributed by atoms with Crippen molar-refractivity contribution in [1.29, 1.82) is 0 Å². The second kappa shape index (κ2) is 21.8. The highest BCUT2D eigenvalue weighted by atomic mass is 15.2. The van der Waals surface area contributed by atoms with E-state index in [1.807, 2.05) is 0 Å². The SMILES string of the molecule is CC1(C)c2ccc3c4c2n2c(c(-c5ccccc5)[n+]5c2c2c(cc[n+](c42)C3)C5)C1(C)C.CC1(C)c2ccc3c4c2n2c(c[n+]5c2c2c(cc[n+](c42)C3)C5)C1(C)C.Cc1c2[n+]3c4c(ccc5c4c4c6c(cc[n+]4C5)Cn1c63)C(C)(C)C2(C)C.c1cc2c3c(c1)c1ccc[n+]4c1c1c(cc[n+](c31)C2)C4.c1ccc(-c2c[n+]3c4c5c(cc[n+]6c5c5c(cccc5n24)C6)C3)cc1. The van der Waals surface area contributed by atoms with Gasteiger partial charge in [0, 0.05) is 165 Å². The quantitative estimate of drug-likeness (QED) is 0.122. The average Bonchev–Trinajstić information content (AvgIpc) is 1.47. The third-order valence-electron chi connectivity index (χ3n) is 35.8. The van der Waals surface area contributed by atoms with Crippen LogP contribution in [-0.4, -0.2) is 17.8 Å². The van der Waals surface area contributed by atoms with Gasteiger partial charge >= 0.3 is 22.6 Å². The van der Waals surface area contributed by atoms with E-state index in [9.17, 15) is 0 Å². The van der Waals surface area contributed by atoms with Crippen molar-refractivity contribution in [3.8, 4) is 22.5 Å². The van der Waals surface area contributed by atoms with Gasteiger partial charge in [0.25, 0.3) is 0 Å². The summed E-state index contributed by atoms with van der Waals surface area (Å²) < 4.78 is 35.1. The van der Waals surface area contributed by atoms with Crippen molar-refractivity contribution < 1.29 is 45.5 Å². The molecule has 0 saturated heterocycles. The van der Waals surface area contributed by atoms with Gasteiger partial charge in [-0.25, -0.2) is 18.3 Å². The molecule has 13 aliphatic heterocycles. The first-order chi connectivity index (χ1) is 61.5. The lowest BCUT2D eigenvalue weighted by molar-refractivity contribution is -0.658. The van der Waals surface area contributed by atoms with Gasteiger partial charge in [-0.3, -0.25) is 0 Å². The van der Waals surface area contributed by atoms with Crippen LogP contribution < -0.4 is 45.5 Å². The predicted molar refractivity (Wildman–Crippen MR) is 495 cm³/mol. The fourth-order valence-corrected chi connectivity index (χ4v) is 27.9. The Kier molecular flexibility index (Phi) is 12.0. The molecule has 0 atom stereocenters. The highest BCUT2D eigenvalue weighted by Crippen LogP contribution is 2.58. The predicted octanol–water partition coefficient (Wildman–Crippen LogP) is 17.0. The monoisotopic (exact) mass is 1650 g/mol. The van der Waals surface area contributed by atoms with Gasteiger partial charge in [0.05, 0.1) is 10.8 Å². The molecule has 0 fully saturated rings. The molecule has 13 aliphatic rings. The number of nitrogens with zero attached hydrogens (tertiary/aromatic N) is 14. The molecule has 0 spiro atoms. The van der Waals surface area contributed by atoms with Crippen LogP contribution in [0.5, 0.6) is 0 Å². The van der Waals surface area contributed by atoms with Crippen molar-refractivity contribution in [2.24, 2.45) is 0 Å². The molecule has 608 valence electrons. The van der Waals surface area contributed by atoms with Crippen molar-refractivity contribution in [1.82, 2.24) is 17.8 Å². The standard InChI is InChI=1S/C28H25N3.C23H23N3.C22H21N3.C22H15N3.C18H12N2/c1-27(2)19-11-10-17-14-29-13-12-18-15-30-22(16-8-6-5-7-9-16)25(28(27,3)4)31-23(19)20(17)24(29)21(18)26(30)31;1-12-20-23(4,5)22(2,3)15-7-6-13-10-24-9-8-14-11-25(12)21-17(14)19(24)16(13)18(15)26(20)21;1-21(2)14-6-5-12-9-23-8-7-13-10-24-11-15(22(21,3)4)25-18(14)16(12)19(23)17(13)20(24)25;1-2-5-14(6-3-1)18-13-24-12-16-9-10-23-11-15-7-4-8-17-19(15)21(23)20(16)22(24)25(17)18;1-3-11-9-20-8-6-12-10-19-7-2-5-14-13(4-1)15(11)18(20)16(12)17(14)19/h5-13H,14-15H2,1-4H3;6-9H,10-11H2,1-5H3;5-8,11H,9-10H2,1-4H3;1-10,13H,11-12H2;1-8H,9-10H2/q5*+2. The largest absolute Gasteiger partial charge is 0.302 e. The summed E-state index contributed by atoms with van der Waals surface area (Å²) in [6.45, 7) is 41.5. The first kappa shape index (κ1) is 69.6. The number of rotatable bonds is 2. The van der Waals surface area contributed by atoms with E-state index >= 15 is 0 Å². The molecule has 0 amide bonds. The van der Waals surface area contributed by atoms with Gasteiger partial charge in [0.2, 0.25) is 33.1 Å². The summed E-state index contributed by atoms with van der Waals surface area (Å²) in [4.78, 5) is 0. The van der Waals surface area contributed by atoms with Gasteiger partial charge in [0.15, 0.2) is 121 Å². The first-order valence-electron chi connectivity index (χ1n) is 46.3. The van der Waals surface area contributed by atoms with E-state index in [4.69, 9.17) is 0 Å². The molecule has 14 nitrogen and oxygen atoms in total. The molecular formula is C113H96N14+10. The molecule has 0 saturated carbocycles. The third kappa shape index (κ3) is 7.62. The molecule has 0 radical (unpaired) electrons. The van der Waals surface area contributed by atoms with Gasteiger partial charge in [-0.1, -0.05) is 210 Å². The maximum absolute atomic E-state index is 2.66. The Balaban J connectivity index is 0.0000000763. The topological polar surface area (TPSA) is 57.2 Å². The molecule has 8 aromatic carbocycles. The number of hydrogen-bond donors (Lipinski definition) is 0. The van der Waals surface area contributed by atoms with Crippen LogP contribution in [0.1, 0.15) is 178 Å². The molecule has 127 heavy (non-hydrogen) atoms. The summed E-state index contributed by atoms with van der Waals surface area (Å²) in [6, 6.07) is 65.8. The Morgan fingerprint density at radius 1 is 0.283 bits per heavy atom. The molecular weight excluding hydrogens is 1550 g/mol. The molecule has 22 aromatic rings. The maximum atomic E-state index is 2.66. The normalized spacial score (nSPS) is 17.7. The van der Waals surface area contributed by atoms with Crippen LogP contribution in [-0.2, 0) is 97.9 Å². The second-order valence-corrected chi connectivity index (χ2v) is 42.7. The zero-order valence-electron chi connectivity index (χ0n) is 74.2. The molecule has 14 aromatic heterocycles. The minimum absolute atomic E-state index is 0.0161. The van der Waals surface area contributed by atoms with E-state index in [-0.39, 0.29) is 32.5 Å². The Morgan fingerprint density at radius 3 is 1.37 bits per heavy atom. The van der Waals surface area contributed by atoms with Crippen LogP contribution in [0.15, 0.2) is 225 Å². The Bertz CT molecular complexity index is 9250. The number of benzene rings is 8. The Morgan fingerprint density at radius 2 is 0.732 bits per heavy atom. The smallest absolute Gasteiger partial charge is 0.225 e. The van der Waals surface area contributed by atoms with Crippen LogP contribution in [0.25, 0.3) is 165 Å². The second-order valence-electron chi connectivity index (χ2n) is 42.7. The number of imidazole rings is 4. The van der Waals surface area contributed by atoms with Crippen molar-refractivity contribution in [2.45, 2.75) is 188 Å². The number of hydrogen-bond acceptors (Lipinski definition) is 0. The lowest BCUT2D eigenvalue weighted by Crippen LogP contribution is -2.51. The maximum Gasteiger partial charge on any atom is 0.302 e. The Hall–Kier alpha value is -13.7. The number of fused-ring (bicyclic) bond motifs is 2. The van der Waals surface area contributed by atoms with Crippen molar-refractivity contribution >= 4 is 142 Å². The zero-order chi connectivity index (χ0) is 84.5. The van der Waals surface area contributed by atoms with Crippen molar-refractivity contribution in [3.63, 3.8) is 0 Å². The van der Waals surface area contributed by atoms with Crippen LogP contribution in [0.2, 0.25) is 0 Å². The van der Waals surface area contributed by atoms with E-state index in [0.717, 1.165) is 65.4 Å². The molecule has 0 N–H and O–H groups in total. The van der Waals surface area contributed by atoms with Crippen molar-refractivity contribution in [2.75, 3.05) is 0 Å². The van der Waals surface area contributed by atoms with Gasteiger partial charge < -0.3 is 0 Å². The molecule has 0 unspecified atom stereocenters. The van der Waals surface area contributed by atoms with Gasteiger partial charge in [-0.15, -0.1) is 0 Å². The number of aromatic nitrogens is 14. The lowest BCUT2D eigenvalue weighted by Gasteiger charge is -2.43. The molecule has 14 heteroatoms. The third-order valence-corrected chi connectivity index (χ3v) is 35.8. The molecule has 0 bridgehead atoms. The summed E-state index contributed by atoms with van der Waals surface area (Å²) in [6.07, 6.45) is 18.4. The highest BCUT2D eigenvalue weighted by molar-refractivity contribution is 6.24. The zero-order valence-corrected chi connectivity index (χ0v) is 74.2. The summed E-state index contributed by atoms with van der Waals surface area (Å²) >= 11 is 0. The minimum Gasteiger partial charge on any atom is -0.225 e. The Labute approximate surface area is 732 Å². The van der Waals surface area contributed by atoms with E-state index in [1.54, 1.807) is 0 Å². The minimum atomic E-state index is -0.0161. The van der Waals surface area contributed by atoms with Gasteiger partial charge in [0.1, 0.15) is 98.3 Å².